The molecule has 0 atom stereocenters. The van der Waals surface area contributed by atoms with E-state index in [-0.39, 0.29) is 0 Å². The molecule has 0 spiro atoms. The van der Waals surface area contributed by atoms with Gasteiger partial charge in [-0.2, -0.15) is 0 Å². The maximum atomic E-state index is 5.89. The van der Waals surface area contributed by atoms with Crippen molar-refractivity contribution in [2.75, 3.05) is 0 Å². The number of rotatable bonds is 4. The van der Waals surface area contributed by atoms with E-state index >= 15 is 0 Å². The standard InChI is InChI=1S/C17H19N/c1-2-3-4-5-6-7-8-12-15-17(18)16-13-10-9-11-14-16/h9-11,13-15H,2-5,18H2,1H3/b17-15-. The van der Waals surface area contributed by atoms with E-state index in [2.05, 4.69) is 30.6 Å². The first-order valence-electron chi connectivity index (χ1n) is 6.34. The Bertz CT molecular complexity index is 489. The first-order chi connectivity index (χ1) is 8.84. The highest BCUT2D eigenvalue weighted by atomic mass is 14.6. The van der Waals surface area contributed by atoms with Gasteiger partial charge in [0.05, 0.1) is 0 Å². The molecule has 0 amide bonds. The van der Waals surface area contributed by atoms with Crippen LogP contribution in [0.4, 0.5) is 0 Å². The normalized spacial score (nSPS) is 9.94. The summed E-state index contributed by atoms with van der Waals surface area (Å²) < 4.78 is 0. The molecule has 1 rings (SSSR count). The molecule has 0 unspecified atom stereocenters. The molecule has 0 aromatic heterocycles. The van der Waals surface area contributed by atoms with Crippen molar-refractivity contribution in [2.24, 2.45) is 5.73 Å². The van der Waals surface area contributed by atoms with E-state index in [4.69, 9.17) is 5.73 Å². The molecule has 1 aromatic rings. The van der Waals surface area contributed by atoms with Crippen LogP contribution in [-0.2, 0) is 0 Å². The Hall–Kier alpha value is -2.12. The summed E-state index contributed by atoms with van der Waals surface area (Å²) in [5, 5.41) is 0. The average Bonchev–Trinajstić information content (AvgIpc) is 2.42. The molecule has 0 aliphatic heterocycles. The highest BCUT2D eigenvalue weighted by molar-refractivity contribution is 5.65. The summed E-state index contributed by atoms with van der Waals surface area (Å²) in [6.07, 6.45) is 6.26. The maximum absolute atomic E-state index is 5.89. The molecular weight excluding hydrogens is 218 g/mol. The fourth-order valence-electron chi connectivity index (χ4n) is 1.43. The van der Waals surface area contributed by atoms with Gasteiger partial charge in [0, 0.05) is 18.2 Å². The molecule has 0 radical (unpaired) electrons. The van der Waals surface area contributed by atoms with Crippen LogP contribution in [0, 0.1) is 23.7 Å². The van der Waals surface area contributed by atoms with Gasteiger partial charge in [0.25, 0.3) is 0 Å². The van der Waals surface area contributed by atoms with Gasteiger partial charge in [-0.25, -0.2) is 0 Å². The highest BCUT2D eigenvalue weighted by Crippen LogP contribution is 2.06. The van der Waals surface area contributed by atoms with Crippen LogP contribution in [0.5, 0.6) is 0 Å². The summed E-state index contributed by atoms with van der Waals surface area (Å²) >= 11 is 0. The molecule has 92 valence electrons. The van der Waals surface area contributed by atoms with Gasteiger partial charge < -0.3 is 5.73 Å². The van der Waals surface area contributed by atoms with Crippen LogP contribution in [0.15, 0.2) is 36.4 Å². The molecule has 0 heterocycles. The number of allylic oxidation sites excluding steroid dienone is 1. The zero-order chi connectivity index (χ0) is 13.1. The Morgan fingerprint density at radius 2 is 1.94 bits per heavy atom. The molecule has 0 aliphatic rings. The van der Waals surface area contributed by atoms with Crippen LogP contribution in [0.3, 0.4) is 0 Å². The Kier molecular flexibility index (Phi) is 6.95. The summed E-state index contributed by atoms with van der Waals surface area (Å²) in [5.41, 5.74) is 7.55. The van der Waals surface area contributed by atoms with E-state index < -0.39 is 0 Å². The van der Waals surface area contributed by atoms with Crippen molar-refractivity contribution in [3.05, 3.63) is 42.0 Å². The van der Waals surface area contributed by atoms with Gasteiger partial charge in [-0.15, -0.1) is 0 Å². The van der Waals surface area contributed by atoms with Crippen molar-refractivity contribution in [3.63, 3.8) is 0 Å². The minimum atomic E-state index is 0.677. The highest BCUT2D eigenvalue weighted by Gasteiger charge is 1.91. The largest absolute Gasteiger partial charge is 0.398 e. The minimum Gasteiger partial charge on any atom is -0.398 e. The number of hydrogen-bond acceptors (Lipinski definition) is 1. The van der Waals surface area contributed by atoms with Crippen LogP contribution >= 0.6 is 0 Å². The van der Waals surface area contributed by atoms with Crippen molar-refractivity contribution < 1.29 is 0 Å². The van der Waals surface area contributed by atoms with Crippen LogP contribution in [0.2, 0.25) is 0 Å². The number of unbranched alkanes of at least 4 members (excludes halogenated alkanes) is 3. The van der Waals surface area contributed by atoms with Crippen LogP contribution in [0.1, 0.15) is 38.2 Å². The quantitative estimate of drug-likeness (QED) is 0.628. The van der Waals surface area contributed by atoms with Gasteiger partial charge >= 0.3 is 0 Å². The van der Waals surface area contributed by atoms with E-state index in [1.54, 1.807) is 6.08 Å². The van der Waals surface area contributed by atoms with Crippen LogP contribution < -0.4 is 5.73 Å². The van der Waals surface area contributed by atoms with E-state index in [1.165, 1.54) is 12.8 Å². The third-order valence-corrected chi connectivity index (χ3v) is 2.46. The summed E-state index contributed by atoms with van der Waals surface area (Å²) in [4.78, 5) is 0. The van der Waals surface area contributed by atoms with Gasteiger partial charge in [0.15, 0.2) is 0 Å². The molecule has 0 aliphatic carbocycles. The van der Waals surface area contributed by atoms with Gasteiger partial charge in [-0.05, 0) is 23.8 Å². The second-order valence-corrected chi connectivity index (χ2v) is 3.99. The van der Waals surface area contributed by atoms with Gasteiger partial charge in [0.1, 0.15) is 0 Å². The SMILES string of the molecule is CCCCCC#CC#C/C=C(\N)c1ccccc1. The lowest BCUT2D eigenvalue weighted by molar-refractivity contribution is 0.737. The lowest BCUT2D eigenvalue weighted by atomic mass is 10.1. The lowest BCUT2D eigenvalue weighted by Crippen LogP contribution is -1.94. The fourth-order valence-corrected chi connectivity index (χ4v) is 1.43. The summed E-state index contributed by atoms with van der Waals surface area (Å²) in [7, 11) is 0. The Morgan fingerprint density at radius 3 is 2.67 bits per heavy atom. The van der Waals surface area contributed by atoms with Crippen molar-refractivity contribution in [3.8, 4) is 23.7 Å². The number of nitrogens with two attached hydrogens (primary N) is 1. The zero-order valence-electron chi connectivity index (χ0n) is 10.9. The fraction of sp³-hybridized carbons (Fsp3) is 0.294. The predicted molar refractivity (Wildman–Crippen MR) is 78.3 cm³/mol. The summed E-state index contributed by atoms with van der Waals surface area (Å²) in [6.45, 7) is 2.18. The second kappa shape index (κ2) is 8.97. The molecule has 1 heteroatoms. The molecule has 0 fully saturated rings. The van der Waals surface area contributed by atoms with Crippen molar-refractivity contribution in [2.45, 2.75) is 32.6 Å². The first-order valence-corrected chi connectivity index (χ1v) is 6.34. The number of hydrogen-bond donors (Lipinski definition) is 1. The van der Waals surface area contributed by atoms with Gasteiger partial charge in [0.2, 0.25) is 0 Å². The van der Waals surface area contributed by atoms with Crippen LogP contribution in [-0.4, -0.2) is 0 Å². The van der Waals surface area contributed by atoms with E-state index in [9.17, 15) is 0 Å². The Morgan fingerprint density at radius 1 is 1.17 bits per heavy atom. The first kappa shape index (κ1) is 13.9. The van der Waals surface area contributed by atoms with E-state index in [0.717, 1.165) is 18.4 Å². The summed E-state index contributed by atoms with van der Waals surface area (Å²) in [5.74, 6) is 11.5. The topological polar surface area (TPSA) is 26.0 Å². The molecular formula is C17H19N. The predicted octanol–water partition coefficient (Wildman–Crippen LogP) is 3.57. The summed E-state index contributed by atoms with van der Waals surface area (Å²) in [6, 6.07) is 9.80. The second-order valence-electron chi connectivity index (χ2n) is 3.99. The smallest absolute Gasteiger partial charge is 0.0472 e. The van der Waals surface area contributed by atoms with E-state index in [1.807, 2.05) is 30.3 Å². The molecule has 2 N–H and O–H groups in total. The number of benzene rings is 1. The average molecular weight is 237 g/mol. The zero-order valence-corrected chi connectivity index (χ0v) is 10.9. The molecule has 1 aromatic carbocycles. The van der Waals surface area contributed by atoms with Crippen molar-refractivity contribution in [1.82, 2.24) is 0 Å². The molecule has 0 saturated heterocycles. The molecule has 0 bridgehead atoms. The van der Waals surface area contributed by atoms with Crippen molar-refractivity contribution in [1.29, 1.82) is 0 Å². The molecule has 1 nitrogen and oxygen atoms in total. The molecule has 0 saturated carbocycles. The van der Waals surface area contributed by atoms with E-state index in [0.29, 0.717) is 5.70 Å². The Labute approximate surface area is 110 Å². The van der Waals surface area contributed by atoms with Gasteiger partial charge in [-0.3, -0.25) is 0 Å². The lowest BCUT2D eigenvalue weighted by Gasteiger charge is -1.97. The van der Waals surface area contributed by atoms with Crippen LogP contribution in [0.25, 0.3) is 5.70 Å². The van der Waals surface area contributed by atoms with Crippen molar-refractivity contribution >= 4 is 5.70 Å². The maximum Gasteiger partial charge on any atom is 0.0472 e. The minimum absolute atomic E-state index is 0.677. The third-order valence-electron chi connectivity index (χ3n) is 2.46. The Balaban J connectivity index is 2.44. The molecule has 18 heavy (non-hydrogen) atoms. The van der Waals surface area contributed by atoms with Gasteiger partial charge in [-0.1, -0.05) is 61.9 Å². The third kappa shape index (κ3) is 5.83. The monoisotopic (exact) mass is 237 g/mol.